The fraction of sp³-hybridized carbons (Fsp3) is 0.286. The molecule has 0 unspecified atom stereocenters. The molecule has 96 valence electrons. The summed E-state index contributed by atoms with van der Waals surface area (Å²) in [7, 11) is 0. The van der Waals surface area contributed by atoms with E-state index in [2.05, 4.69) is 5.32 Å². The molecule has 18 heavy (non-hydrogen) atoms. The quantitative estimate of drug-likeness (QED) is 0.766. The predicted molar refractivity (Wildman–Crippen MR) is 66.5 cm³/mol. The highest BCUT2D eigenvalue weighted by Gasteiger charge is 2.00. The number of hydrogen-bond donors (Lipinski definition) is 1. The number of rotatable bonds is 7. The molecular formula is C14H16FNO2. The van der Waals surface area contributed by atoms with Crippen molar-refractivity contribution >= 4 is 0 Å². The summed E-state index contributed by atoms with van der Waals surface area (Å²) in [5.74, 6) is -0.219. The fourth-order valence-corrected chi connectivity index (χ4v) is 1.57. The van der Waals surface area contributed by atoms with Gasteiger partial charge in [-0.15, -0.1) is 0 Å². The van der Waals surface area contributed by atoms with Gasteiger partial charge in [-0.1, -0.05) is 18.2 Å². The van der Waals surface area contributed by atoms with Crippen molar-refractivity contribution in [2.24, 2.45) is 0 Å². The van der Waals surface area contributed by atoms with Gasteiger partial charge in [-0.3, -0.25) is 0 Å². The Morgan fingerprint density at radius 1 is 1.22 bits per heavy atom. The maximum absolute atomic E-state index is 13.2. The highest BCUT2D eigenvalue weighted by atomic mass is 19.1. The number of halogens is 1. The van der Waals surface area contributed by atoms with Crippen LogP contribution in [0.4, 0.5) is 4.39 Å². The highest BCUT2D eigenvalue weighted by Crippen LogP contribution is 2.07. The van der Waals surface area contributed by atoms with Crippen molar-refractivity contribution in [3.63, 3.8) is 0 Å². The molecule has 0 fully saturated rings. The molecule has 0 bridgehead atoms. The zero-order valence-electron chi connectivity index (χ0n) is 10.1. The summed E-state index contributed by atoms with van der Waals surface area (Å²) in [4.78, 5) is 0. The van der Waals surface area contributed by atoms with Crippen molar-refractivity contribution in [2.45, 2.75) is 13.2 Å². The first kappa shape index (κ1) is 12.8. The van der Waals surface area contributed by atoms with Crippen molar-refractivity contribution in [3.8, 4) is 0 Å². The van der Waals surface area contributed by atoms with Crippen molar-refractivity contribution in [1.82, 2.24) is 5.32 Å². The van der Waals surface area contributed by atoms with Crippen LogP contribution in [-0.2, 0) is 17.9 Å². The van der Waals surface area contributed by atoms with Crippen LogP contribution in [0.5, 0.6) is 0 Å². The first-order chi connectivity index (χ1) is 8.86. The van der Waals surface area contributed by atoms with Crippen LogP contribution in [0.2, 0.25) is 0 Å². The van der Waals surface area contributed by atoms with E-state index in [1.54, 1.807) is 30.7 Å². The zero-order valence-corrected chi connectivity index (χ0v) is 10.1. The second kappa shape index (κ2) is 6.93. The Labute approximate surface area is 106 Å². The lowest BCUT2D eigenvalue weighted by molar-refractivity contribution is 0.120. The SMILES string of the molecule is Fc1ccccc1COCCNCc1ccoc1. The average molecular weight is 249 g/mol. The van der Waals surface area contributed by atoms with Gasteiger partial charge in [0.1, 0.15) is 5.82 Å². The zero-order chi connectivity index (χ0) is 12.6. The smallest absolute Gasteiger partial charge is 0.128 e. The minimum absolute atomic E-state index is 0.219. The molecule has 1 heterocycles. The molecule has 0 spiro atoms. The van der Waals surface area contributed by atoms with Gasteiger partial charge in [-0.2, -0.15) is 0 Å². The number of hydrogen-bond acceptors (Lipinski definition) is 3. The molecule has 0 radical (unpaired) electrons. The molecule has 4 heteroatoms. The first-order valence-corrected chi connectivity index (χ1v) is 5.89. The lowest BCUT2D eigenvalue weighted by atomic mass is 10.2. The molecule has 1 aromatic heterocycles. The normalized spacial score (nSPS) is 10.7. The van der Waals surface area contributed by atoms with E-state index in [-0.39, 0.29) is 5.82 Å². The second-order valence-corrected chi connectivity index (χ2v) is 3.95. The average Bonchev–Trinajstić information content (AvgIpc) is 2.89. The molecule has 2 aromatic rings. The Morgan fingerprint density at radius 3 is 2.89 bits per heavy atom. The van der Waals surface area contributed by atoms with Crippen LogP contribution in [-0.4, -0.2) is 13.2 Å². The van der Waals surface area contributed by atoms with Crippen LogP contribution >= 0.6 is 0 Å². The molecule has 0 saturated carbocycles. The summed E-state index contributed by atoms with van der Waals surface area (Å²) in [5.41, 5.74) is 1.69. The summed E-state index contributed by atoms with van der Waals surface area (Å²) < 4.78 is 23.6. The Balaban J connectivity index is 1.58. The van der Waals surface area contributed by atoms with Gasteiger partial charge in [-0.25, -0.2) is 4.39 Å². The van der Waals surface area contributed by atoms with Crippen molar-refractivity contribution in [3.05, 3.63) is 59.8 Å². The summed E-state index contributed by atoms with van der Waals surface area (Å²) in [6.45, 7) is 2.32. The summed E-state index contributed by atoms with van der Waals surface area (Å²) >= 11 is 0. The van der Waals surface area contributed by atoms with Gasteiger partial charge in [0.25, 0.3) is 0 Å². The fourth-order valence-electron chi connectivity index (χ4n) is 1.57. The lowest BCUT2D eigenvalue weighted by Crippen LogP contribution is -2.19. The minimum Gasteiger partial charge on any atom is -0.472 e. The summed E-state index contributed by atoms with van der Waals surface area (Å²) in [6, 6.07) is 8.56. The van der Waals surface area contributed by atoms with E-state index in [0.717, 1.165) is 18.7 Å². The van der Waals surface area contributed by atoms with Crippen molar-refractivity contribution in [2.75, 3.05) is 13.2 Å². The number of furan rings is 1. The maximum Gasteiger partial charge on any atom is 0.128 e. The lowest BCUT2D eigenvalue weighted by Gasteiger charge is -2.06. The third-order valence-electron chi connectivity index (χ3n) is 2.55. The molecule has 3 nitrogen and oxygen atoms in total. The standard InChI is InChI=1S/C14H16FNO2/c15-14-4-2-1-3-13(14)11-18-8-6-16-9-12-5-7-17-10-12/h1-5,7,10,16H,6,8-9,11H2. The van der Waals surface area contributed by atoms with Crippen LogP contribution < -0.4 is 5.32 Å². The van der Waals surface area contributed by atoms with E-state index >= 15 is 0 Å². The van der Waals surface area contributed by atoms with Crippen LogP contribution in [0, 0.1) is 5.82 Å². The Bertz CT molecular complexity index is 457. The van der Waals surface area contributed by atoms with Gasteiger partial charge in [-0.05, 0) is 12.1 Å². The molecule has 0 aliphatic rings. The van der Waals surface area contributed by atoms with E-state index in [4.69, 9.17) is 9.15 Å². The van der Waals surface area contributed by atoms with Crippen LogP contribution in [0.1, 0.15) is 11.1 Å². The van der Waals surface area contributed by atoms with Gasteiger partial charge in [0.15, 0.2) is 0 Å². The van der Waals surface area contributed by atoms with Gasteiger partial charge >= 0.3 is 0 Å². The van der Waals surface area contributed by atoms with Crippen molar-refractivity contribution in [1.29, 1.82) is 0 Å². The van der Waals surface area contributed by atoms with Gasteiger partial charge in [0.05, 0.1) is 25.7 Å². The summed E-state index contributed by atoms with van der Waals surface area (Å²) in [6.07, 6.45) is 3.35. The van der Waals surface area contributed by atoms with Crippen LogP contribution in [0.3, 0.4) is 0 Å². The molecule has 0 aliphatic carbocycles. The largest absolute Gasteiger partial charge is 0.472 e. The van der Waals surface area contributed by atoms with Crippen LogP contribution in [0.25, 0.3) is 0 Å². The Morgan fingerprint density at radius 2 is 2.11 bits per heavy atom. The van der Waals surface area contributed by atoms with Crippen molar-refractivity contribution < 1.29 is 13.5 Å². The molecule has 0 amide bonds. The third kappa shape index (κ3) is 3.98. The van der Waals surface area contributed by atoms with E-state index in [1.807, 2.05) is 6.07 Å². The molecule has 2 rings (SSSR count). The molecule has 1 aromatic carbocycles. The third-order valence-corrected chi connectivity index (χ3v) is 2.55. The van der Waals surface area contributed by atoms with Crippen LogP contribution in [0.15, 0.2) is 47.3 Å². The number of ether oxygens (including phenoxy) is 1. The minimum atomic E-state index is -0.219. The summed E-state index contributed by atoms with van der Waals surface area (Å²) in [5, 5.41) is 3.21. The molecule has 0 aliphatic heterocycles. The number of benzene rings is 1. The topological polar surface area (TPSA) is 34.4 Å². The van der Waals surface area contributed by atoms with Gasteiger partial charge < -0.3 is 14.5 Å². The number of nitrogens with one attached hydrogen (secondary N) is 1. The van der Waals surface area contributed by atoms with Gasteiger partial charge in [0.2, 0.25) is 0 Å². The molecular weight excluding hydrogens is 233 g/mol. The Kier molecular flexibility index (Phi) is 4.93. The molecule has 0 atom stereocenters. The van der Waals surface area contributed by atoms with E-state index in [0.29, 0.717) is 18.8 Å². The maximum atomic E-state index is 13.2. The highest BCUT2D eigenvalue weighted by molar-refractivity contribution is 5.16. The first-order valence-electron chi connectivity index (χ1n) is 5.89. The van der Waals surface area contributed by atoms with E-state index in [9.17, 15) is 4.39 Å². The second-order valence-electron chi connectivity index (χ2n) is 3.95. The monoisotopic (exact) mass is 249 g/mol. The van der Waals surface area contributed by atoms with E-state index < -0.39 is 0 Å². The van der Waals surface area contributed by atoms with Gasteiger partial charge in [0, 0.05) is 24.2 Å². The molecule has 0 saturated heterocycles. The Hall–Kier alpha value is -1.65. The molecule has 1 N–H and O–H groups in total. The van der Waals surface area contributed by atoms with E-state index in [1.165, 1.54) is 6.07 Å². The predicted octanol–water partition coefficient (Wildman–Crippen LogP) is 2.73.